The summed E-state index contributed by atoms with van der Waals surface area (Å²) >= 11 is 12.5. The first-order chi connectivity index (χ1) is 15.5. The van der Waals surface area contributed by atoms with E-state index in [-0.39, 0.29) is 13.2 Å². The predicted octanol–water partition coefficient (Wildman–Crippen LogP) is 8.51. The van der Waals surface area contributed by atoms with Crippen molar-refractivity contribution in [3.05, 3.63) is 100 Å². The van der Waals surface area contributed by atoms with Gasteiger partial charge in [-0.05, 0) is 49.2 Å². The smallest absolute Gasteiger partial charge is 0.338 e. The molecule has 0 radical (unpaired) electrons. The number of hydrogen-bond donors (Lipinski definition) is 0. The van der Waals surface area contributed by atoms with Crippen LogP contribution in [0.4, 0.5) is 0 Å². The standard InChI is InChI=1S/C25H27Cl2O4P/c1-3-29-32(28,30-4-2)25(20-15-16-22(26)23(27)17-20)18-24(19-11-7-5-8-12-19)31-21-13-9-6-10-14-21/h5-17,24-25H,3-4,18H2,1-2H3. The van der Waals surface area contributed by atoms with Gasteiger partial charge in [-0.3, -0.25) is 4.57 Å². The highest BCUT2D eigenvalue weighted by atomic mass is 35.5. The molecule has 0 N–H and O–H groups in total. The second-order valence-corrected chi connectivity index (χ2v) is 10.2. The van der Waals surface area contributed by atoms with Gasteiger partial charge in [0, 0.05) is 6.42 Å². The van der Waals surface area contributed by atoms with Gasteiger partial charge < -0.3 is 13.8 Å². The third-order valence-electron chi connectivity index (χ3n) is 4.96. The minimum atomic E-state index is -3.55. The number of halogens is 2. The first-order valence-corrected chi connectivity index (χ1v) is 12.9. The van der Waals surface area contributed by atoms with Crippen LogP contribution in [0.15, 0.2) is 78.9 Å². The molecule has 0 aromatic heterocycles. The Morgan fingerprint density at radius 2 is 1.38 bits per heavy atom. The molecule has 0 aliphatic rings. The average molecular weight is 493 g/mol. The minimum Gasteiger partial charge on any atom is -0.486 e. The molecule has 0 saturated carbocycles. The fraction of sp³-hybridized carbons (Fsp3) is 0.280. The Morgan fingerprint density at radius 3 is 1.94 bits per heavy atom. The molecule has 3 aromatic carbocycles. The number of benzene rings is 3. The van der Waals surface area contributed by atoms with E-state index in [2.05, 4.69) is 0 Å². The predicted molar refractivity (Wildman–Crippen MR) is 131 cm³/mol. The molecular formula is C25H27Cl2O4P. The van der Waals surface area contributed by atoms with Crippen LogP contribution in [0.2, 0.25) is 10.0 Å². The molecule has 7 heteroatoms. The maximum atomic E-state index is 14.0. The highest BCUT2D eigenvalue weighted by Crippen LogP contribution is 2.64. The number of ether oxygens (including phenoxy) is 1. The molecular weight excluding hydrogens is 466 g/mol. The second kappa shape index (κ2) is 11.9. The van der Waals surface area contributed by atoms with E-state index in [1.807, 2.05) is 66.7 Å². The van der Waals surface area contributed by atoms with E-state index in [9.17, 15) is 4.57 Å². The zero-order valence-electron chi connectivity index (χ0n) is 18.1. The van der Waals surface area contributed by atoms with E-state index < -0.39 is 19.4 Å². The highest BCUT2D eigenvalue weighted by molar-refractivity contribution is 7.54. The summed E-state index contributed by atoms with van der Waals surface area (Å²) in [4.78, 5) is 0. The van der Waals surface area contributed by atoms with Gasteiger partial charge in [-0.2, -0.15) is 0 Å². The minimum absolute atomic E-state index is 0.255. The quantitative estimate of drug-likeness (QED) is 0.251. The zero-order valence-corrected chi connectivity index (χ0v) is 20.5. The molecule has 4 nitrogen and oxygen atoms in total. The Bertz CT molecular complexity index is 1020. The van der Waals surface area contributed by atoms with Crippen molar-refractivity contribution < 1.29 is 18.3 Å². The Balaban J connectivity index is 2.06. The second-order valence-electron chi connectivity index (χ2n) is 7.13. The van der Waals surface area contributed by atoms with Crippen LogP contribution in [-0.2, 0) is 13.6 Å². The lowest BCUT2D eigenvalue weighted by Gasteiger charge is -2.30. The third-order valence-corrected chi connectivity index (χ3v) is 8.21. The van der Waals surface area contributed by atoms with Crippen molar-refractivity contribution in [2.75, 3.05) is 13.2 Å². The Morgan fingerprint density at radius 1 is 0.781 bits per heavy atom. The van der Waals surface area contributed by atoms with Gasteiger partial charge in [0.1, 0.15) is 11.9 Å². The van der Waals surface area contributed by atoms with Gasteiger partial charge in [-0.1, -0.05) is 77.8 Å². The van der Waals surface area contributed by atoms with Crippen molar-refractivity contribution in [2.45, 2.75) is 32.0 Å². The van der Waals surface area contributed by atoms with Crippen LogP contribution in [0.3, 0.4) is 0 Å². The fourth-order valence-corrected chi connectivity index (χ4v) is 5.97. The van der Waals surface area contributed by atoms with Crippen LogP contribution in [0, 0.1) is 0 Å². The molecule has 0 spiro atoms. The first-order valence-electron chi connectivity index (χ1n) is 10.6. The van der Waals surface area contributed by atoms with E-state index in [0.29, 0.717) is 16.5 Å². The number of rotatable bonds is 11. The van der Waals surface area contributed by atoms with Crippen molar-refractivity contribution >= 4 is 30.8 Å². The van der Waals surface area contributed by atoms with Crippen LogP contribution in [0.5, 0.6) is 5.75 Å². The molecule has 32 heavy (non-hydrogen) atoms. The van der Waals surface area contributed by atoms with Crippen molar-refractivity contribution in [1.29, 1.82) is 0 Å². The molecule has 0 aliphatic carbocycles. The lowest BCUT2D eigenvalue weighted by Crippen LogP contribution is -2.15. The molecule has 0 bridgehead atoms. The van der Waals surface area contributed by atoms with E-state index >= 15 is 0 Å². The fourth-order valence-electron chi connectivity index (χ4n) is 3.53. The Kier molecular flexibility index (Phi) is 9.22. The van der Waals surface area contributed by atoms with Crippen LogP contribution < -0.4 is 4.74 Å². The molecule has 0 amide bonds. The Hall–Kier alpha value is -1.81. The summed E-state index contributed by atoms with van der Waals surface area (Å²) in [6, 6.07) is 24.6. The topological polar surface area (TPSA) is 44.8 Å². The zero-order chi connectivity index (χ0) is 23.0. The van der Waals surface area contributed by atoms with Crippen LogP contribution in [0.25, 0.3) is 0 Å². The average Bonchev–Trinajstić information content (AvgIpc) is 2.80. The van der Waals surface area contributed by atoms with Crippen molar-refractivity contribution in [3.8, 4) is 5.75 Å². The summed E-state index contributed by atoms with van der Waals surface area (Å²) in [5, 5.41) is 0.811. The largest absolute Gasteiger partial charge is 0.486 e. The lowest BCUT2D eigenvalue weighted by atomic mass is 10.0. The number of hydrogen-bond acceptors (Lipinski definition) is 4. The molecule has 0 aliphatic heterocycles. The monoisotopic (exact) mass is 492 g/mol. The van der Waals surface area contributed by atoms with Crippen molar-refractivity contribution in [3.63, 3.8) is 0 Å². The maximum Gasteiger partial charge on any atom is 0.338 e. The van der Waals surface area contributed by atoms with Gasteiger partial charge in [0.2, 0.25) is 0 Å². The molecule has 2 unspecified atom stereocenters. The molecule has 2 atom stereocenters. The molecule has 170 valence electrons. The van der Waals surface area contributed by atoms with Crippen LogP contribution in [0.1, 0.15) is 43.2 Å². The van der Waals surface area contributed by atoms with Crippen molar-refractivity contribution in [2.24, 2.45) is 0 Å². The van der Waals surface area contributed by atoms with Crippen molar-refractivity contribution in [1.82, 2.24) is 0 Å². The Labute approximate surface area is 200 Å². The number of para-hydroxylation sites is 1. The molecule has 0 saturated heterocycles. The molecule has 0 heterocycles. The van der Waals surface area contributed by atoms with E-state index in [1.165, 1.54) is 0 Å². The summed E-state index contributed by atoms with van der Waals surface area (Å²) in [5.74, 6) is 0.719. The summed E-state index contributed by atoms with van der Waals surface area (Å²) < 4.78 is 31.8. The summed E-state index contributed by atoms with van der Waals surface area (Å²) in [6.45, 7) is 4.11. The van der Waals surface area contributed by atoms with Gasteiger partial charge in [-0.15, -0.1) is 0 Å². The normalized spacial score (nSPS) is 13.5. The van der Waals surface area contributed by atoms with Gasteiger partial charge >= 0.3 is 7.60 Å². The molecule has 0 fully saturated rings. The first kappa shape index (κ1) is 24.8. The maximum absolute atomic E-state index is 14.0. The van der Waals surface area contributed by atoms with Crippen LogP contribution in [-0.4, -0.2) is 13.2 Å². The van der Waals surface area contributed by atoms with Crippen LogP contribution >= 0.6 is 30.8 Å². The van der Waals surface area contributed by atoms with Gasteiger partial charge in [0.25, 0.3) is 0 Å². The molecule has 3 rings (SSSR count). The summed E-state index contributed by atoms with van der Waals surface area (Å²) in [5.41, 5.74) is 1.08. The summed E-state index contributed by atoms with van der Waals surface area (Å²) in [7, 11) is -3.55. The van der Waals surface area contributed by atoms with Gasteiger partial charge in [-0.25, -0.2) is 0 Å². The van der Waals surface area contributed by atoms with Gasteiger partial charge in [0.05, 0.1) is 28.9 Å². The SMILES string of the molecule is CCOP(=O)(OCC)C(CC(Oc1ccccc1)c1ccccc1)c1ccc(Cl)c(Cl)c1. The molecule has 3 aromatic rings. The van der Waals surface area contributed by atoms with E-state index in [4.69, 9.17) is 37.0 Å². The van der Waals surface area contributed by atoms with E-state index in [1.54, 1.807) is 26.0 Å². The highest BCUT2D eigenvalue weighted by Gasteiger charge is 2.39. The van der Waals surface area contributed by atoms with E-state index in [0.717, 1.165) is 16.9 Å². The lowest BCUT2D eigenvalue weighted by molar-refractivity contribution is 0.172. The summed E-state index contributed by atoms with van der Waals surface area (Å²) in [6.07, 6.45) is -0.0407. The van der Waals surface area contributed by atoms with Gasteiger partial charge in [0.15, 0.2) is 0 Å². The third kappa shape index (κ3) is 6.37.